The summed E-state index contributed by atoms with van der Waals surface area (Å²) in [6.45, 7) is 3.80. The van der Waals surface area contributed by atoms with Crippen LogP contribution in [-0.4, -0.2) is 28.1 Å². The van der Waals surface area contributed by atoms with Crippen LogP contribution < -0.4 is 0 Å². The minimum absolute atomic E-state index is 0.0580. The van der Waals surface area contributed by atoms with E-state index in [2.05, 4.69) is 0 Å². The third kappa shape index (κ3) is 2.27. The van der Waals surface area contributed by atoms with Gasteiger partial charge in [0.1, 0.15) is 0 Å². The first-order valence-corrected chi connectivity index (χ1v) is 6.57. The Bertz CT molecular complexity index is 449. The number of rotatable bonds is 4. The van der Waals surface area contributed by atoms with Crippen molar-refractivity contribution in [3.63, 3.8) is 0 Å². The van der Waals surface area contributed by atoms with Crippen molar-refractivity contribution < 1.29 is 9.59 Å². The molecule has 0 aromatic heterocycles. The standard InChI is InChI=1S/C14H16ClNO2/c1-9(15)7-8-10(2)16-13(17)11-5-3-4-6-12(11)14(16)18/h3-6,9-10H,7-8H2,1-2H3. The molecule has 3 nitrogen and oxygen atoms in total. The van der Waals surface area contributed by atoms with Gasteiger partial charge in [0.05, 0.1) is 11.1 Å². The predicted octanol–water partition coefficient (Wildman–Crippen LogP) is 3.08. The molecular formula is C14H16ClNO2. The number of benzene rings is 1. The molecule has 2 amide bonds. The molecular weight excluding hydrogens is 250 g/mol. The van der Waals surface area contributed by atoms with Gasteiger partial charge in [-0.25, -0.2) is 0 Å². The second-order valence-electron chi connectivity index (χ2n) is 4.73. The summed E-state index contributed by atoms with van der Waals surface area (Å²) in [5.74, 6) is -0.379. The Morgan fingerprint density at radius 1 is 1.06 bits per heavy atom. The summed E-state index contributed by atoms with van der Waals surface area (Å²) in [6.07, 6.45) is 1.52. The maximum Gasteiger partial charge on any atom is 0.261 e. The molecule has 2 rings (SSSR count). The molecule has 18 heavy (non-hydrogen) atoms. The summed E-state index contributed by atoms with van der Waals surface area (Å²) in [6, 6.07) is 6.84. The van der Waals surface area contributed by atoms with Crippen LogP contribution in [0.15, 0.2) is 24.3 Å². The summed E-state index contributed by atoms with van der Waals surface area (Å²) in [4.78, 5) is 25.7. The monoisotopic (exact) mass is 265 g/mol. The van der Waals surface area contributed by atoms with Gasteiger partial charge in [0, 0.05) is 11.4 Å². The maximum atomic E-state index is 12.2. The minimum atomic E-state index is -0.190. The van der Waals surface area contributed by atoms with Crippen LogP contribution in [0.3, 0.4) is 0 Å². The van der Waals surface area contributed by atoms with Crippen molar-refractivity contribution in [2.45, 2.75) is 38.1 Å². The molecule has 1 aromatic rings. The van der Waals surface area contributed by atoms with E-state index >= 15 is 0 Å². The number of hydrogen-bond acceptors (Lipinski definition) is 2. The summed E-state index contributed by atoms with van der Waals surface area (Å²) in [5.41, 5.74) is 1.02. The second-order valence-corrected chi connectivity index (χ2v) is 5.48. The van der Waals surface area contributed by atoms with Crippen molar-refractivity contribution in [3.05, 3.63) is 35.4 Å². The first-order chi connectivity index (χ1) is 8.52. The highest BCUT2D eigenvalue weighted by atomic mass is 35.5. The lowest BCUT2D eigenvalue weighted by atomic mass is 10.1. The van der Waals surface area contributed by atoms with Crippen LogP contribution in [0, 0.1) is 0 Å². The van der Waals surface area contributed by atoms with Gasteiger partial charge < -0.3 is 0 Å². The van der Waals surface area contributed by atoms with Crippen LogP contribution in [-0.2, 0) is 0 Å². The Balaban J connectivity index is 2.18. The normalized spacial score (nSPS) is 17.8. The molecule has 0 saturated carbocycles. The van der Waals surface area contributed by atoms with E-state index in [1.54, 1.807) is 24.3 Å². The molecule has 0 aliphatic carbocycles. The number of alkyl halides is 1. The van der Waals surface area contributed by atoms with Crippen molar-refractivity contribution in [1.82, 2.24) is 4.90 Å². The number of carbonyl (C=O) groups excluding carboxylic acids is 2. The van der Waals surface area contributed by atoms with Crippen LogP contribution in [0.1, 0.15) is 47.4 Å². The average molecular weight is 266 g/mol. The van der Waals surface area contributed by atoms with Gasteiger partial charge in [0.25, 0.3) is 11.8 Å². The summed E-state index contributed by atoms with van der Waals surface area (Å²) in [5, 5.41) is 0.0580. The van der Waals surface area contributed by atoms with E-state index in [9.17, 15) is 9.59 Å². The van der Waals surface area contributed by atoms with Gasteiger partial charge in [-0.3, -0.25) is 14.5 Å². The molecule has 0 N–H and O–H groups in total. The molecule has 2 atom stereocenters. The minimum Gasteiger partial charge on any atom is -0.272 e. The molecule has 0 fully saturated rings. The highest BCUT2D eigenvalue weighted by Gasteiger charge is 2.37. The van der Waals surface area contributed by atoms with Crippen LogP contribution in [0.2, 0.25) is 0 Å². The van der Waals surface area contributed by atoms with E-state index in [0.29, 0.717) is 11.1 Å². The summed E-state index contributed by atoms with van der Waals surface area (Å²) in [7, 11) is 0. The molecule has 1 aliphatic heterocycles. The molecule has 0 bridgehead atoms. The van der Waals surface area contributed by atoms with E-state index in [0.717, 1.165) is 12.8 Å². The smallest absolute Gasteiger partial charge is 0.261 e. The van der Waals surface area contributed by atoms with Crippen molar-refractivity contribution in [3.8, 4) is 0 Å². The molecule has 1 aliphatic rings. The molecule has 2 unspecified atom stereocenters. The molecule has 0 radical (unpaired) electrons. The summed E-state index contributed by atoms with van der Waals surface area (Å²) < 4.78 is 0. The predicted molar refractivity (Wildman–Crippen MR) is 71.0 cm³/mol. The number of amides is 2. The quantitative estimate of drug-likeness (QED) is 0.620. The number of nitrogens with zero attached hydrogens (tertiary/aromatic N) is 1. The molecule has 1 heterocycles. The largest absolute Gasteiger partial charge is 0.272 e. The lowest BCUT2D eigenvalue weighted by molar-refractivity contribution is 0.0588. The van der Waals surface area contributed by atoms with Gasteiger partial charge >= 0.3 is 0 Å². The first kappa shape index (κ1) is 13.1. The van der Waals surface area contributed by atoms with Gasteiger partial charge in [-0.15, -0.1) is 11.6 Å². The lowest BCUT2D eigenvalue weighted by Crippen LogP contribution is -2.38. The highest BCUT2D eigenvalue weighted by Crippen LogP contribution is 2.26. The van der Waals surface area contributed by atoms with Gasteiger partial charge in [0.15, 0.2) is 0 Å². The van der Waals surface area contributed by atoms with Gasteiger partial charge in [0.2, 0.25) is 0 Å². The summed E-state index contributed by atoms with van der Waals surface area (Å²) >= 11 is 5.90. The SMILES string of the molecule is CC(Cl)CCC(C)N1C(=O)c2ccccc2C1=O. The Labute approximate surface area is 112 Å². The number of fused-ring (bicyclic) bond motifs is 1. The van der Waals surface area contributed by atoms with E-state index < -0.39 is 0 Å². The van der Waals surface area contributed by atoms with Gasteiger partial charge in [-0.2, -0.15) is 0 Å². The Morgan fingerprint density at radius 2 is 1.56 bits per heavy atom. The van der Waals surface area contributed by atoms with E-state index in [1.165, 1.54) is 4.90 Å². The topological polar surface area (TPSA) is 37.4 Å². The third-order valence-electron chi connectivity index (χ3n) is 3.25. The van der Waals surface area contributed by atoms with E-state index in [4.69, 9.17) is 11.6 Å². The average Bonchev–Trinajstić information content (AvgIpc) is 2.60. The first-order valence-electron chi connectivity index (χ1n) is 6.13. The number of imide groups is 1. The van der Waals surface area contributed by atoms with Crippen molar-refractivity contribution in [1.29, 1.82) is 0 Å². The van der Waals surface area contributed by atoms with Crippen LogP contribution in [0.4, 0.5) is 0 Å². The number of carbonyl (C=O) groups is 2. The lowest BCUT2D eigenvalue weighted by Gasteiger charge is -2.22. The molecule has 96 valence electrons. The molecule has 0 saturated heterocycles. The van der Waals surface area contributed by atoms with Crippen molar-refractivity contribution >= 4 is 23.4 Å². The second kappa shape index (κ2) is 5.11. The van der Waals surface area contributed by atoms with Crippen LogP contribution in [0.5, 0.6) is 0 Å². The fourth-order valence-electron chi connectivity index (χ4n) is 2.21. The van der Waals surface area contributed by atoms with Gasteiger partial charge in [-0.05, 0) is 38.8 Å². The Hall–Kier alpha value is -1.35. The zero-order valence-corrected chi connectivity index (χ0v) is 11.3. The molecule has 4 heteroatoms. The zero-order chi connectivity index (χ0) is 13.3. The maximum absolute atomic E-state index is 12.2. The van der Waals surface area contributed by atoms with Crippen molar-refractivity contribution in [2.24, 2.45) is 0 Å². The number of hydrogen-bond donors (Lipinski definition) is 0. The fourth-order valence-corrected chi connectivity index (χ4v) is 2.33. The van der Waals surface area contributed by atoms with Crippen LogP contribution in [0.25, 0.3) is 0 Å². The van der Waals surface area contributed by atoms with E-state index in [1.807, 2.05) is 13.8 Å². The van der Waals surface area contributed by atoms with Crippen molar-refractivity contribution in [2.75, 3.05) is 0 Å². The van der Waals surface area contributed by atoms with Crippen LogP contribution >= 0.6 is 11.6 Å². The highest BCUT2D eigenvalue weighted by molar-refractivity contribution is 6.21. The number of halogens is 1. The fraction of sp³-hybridized carbons (Fsp3) is 0.429. The van der Waals surface area contributed by atoms with E-state index in [-0.39, 0.29) is 23.2 Å². The molecule has 0 spiro atoms. The third-order valence-corrected chi connectivity index (χ3v) is 3.47. The molecule has 1 aromatic carbocycles. The Morgan fingerprint density at radius 3 is 2.00 bits per heavy atom. The van der Waals surface area contributed by atoms with Gasteiger partial charge in [-0.1, -0.05) is 12.1 Å². The zero-order valence-electron chi connectivity index (χ0n) is 10.5. The Kier molecular flexibility index (Phi) is 3.71.